The summed E-state index contributed by atoms with van der Waals surface area (Å²) in [5.74, 6) is -0.378. The third-order valence-electron chi connectivity index (χ3n) is 9.07. The van der Waals surface area contributed by atoms with Crippen LogP contribution in [0.15, 0.2) is 78.9 Å². The zero-order valence-electron chi connectivity index (χ0n) is 24.7. The van der Waals surface area contributed by atoms with Crippen molar-refractivity contribution in [1.82, 2.24) is 30.0 Å². The van der Waals surface area contributed by atoms with Crippen molar-refractivity contribution in [2.45, 2.75) is 55.9 Å². The lowest BCUT2D eigenvalue weighted by atomic mass is 9.79. The average Bonchev–Trinajstić information content (AvgIpc) is 3.68. The van der Waals surface area contributed by atoms with E-state index in [4.69, 9.17) is 4.74 Å². The van der Waals surface area contributed by atoms with Crippen LogP contribution in [0.3, 0.4) is 0 Å². The maximum atomic E-state index is 13.6. The molecule has 7 nitrogen and oxygen atoms in total. The highest BCUT2D eigenvalue weighted by Gasteiger charge is 2.48. The highest BCUT2D eigenvalue weighted by atomic mass is 35.5. The quantitative estimate of drug-likeness (QED) is 0.220. The van der Waals surface area contributed by atoms with Crippen molar-refractivity contribution >= 4 is 24.8 Å². The van der Waals surface area contributed by atoms with E-state index in [0.29, 0.717) is 12.3 Å². The van der Waals surface area contributed by atoms with Crippen LogP contribution in [0.2, 0.25) is 0 Å². The van der Waals surface area contributed by atoms with Gasteiger partial charge in [0.1, 0.15) is 5.75 Å². The van der Waals surface area contributed by atoms with Crippen LogP contribution in [0.4, 0.5) is 13.2 Å². The second-order valence-corrected chi connectivity index (χ2v) is 11.5. The molecule has 0 N–H and O–H groups in total. The van der Waals surface area contributed by atoms with Crippen LogP contribution in [0.25, 0.3) is 5.69 Å². The summed E-state index contributed by atoms with van der Waals surface area (Å²) in [4.78, 5) is 5.09. The Morgan fingerprint density at radius 1 is 0.932 bits per heavy atom. The van der Waals surface area contributed by atoms with Crippen LogP contribution in [0.5, 0.6) is 5.75 Å². The maximum absolute atomic E-state index is 13.6. The third kappa shape index (κ3) is 6.59. The lowest BCUT2D eigenvalue weighted by molar-refractivity contribution is -0.146. The number of rotatable bonds is 7. The molecule has 1 spiro atoms. The second-order valence-electron chi connectivity index (χ2n) is 11.5. The van der Waals surface area contributed by atoms with Gasteiger partial charge in [0.15, 0.2) is 0 Å². The number of likely N-dealkylation sites (N-methyl/N-ethyl adjacent to an activating group) is 1. The molecule has 1 saturated carbocycles. The molecule has 3 aromatic carbocycles. The normalized spacial score (nSPS) is 18.6. The molecule has 0 radical (unpaired) electrons. The average molecular weight is 650 g/mol. The van der Waals surface area contributed by atoms with E-state index in [-0.39, 0.29) is 48.0 Å². The van der Waals surface area contributed by atoms with E-state index < -0.39 is 12.0 Å². The molecule has 12 heteroatoms. The monoisotopic (exact) mass is 648 g/mol. The van der Waals surface area contributed by atoms with Gasteiger partial charge in [0.2, 0.25) is 0 Å². The van der Waals surface area contributed by atoms with Crippen molar-refractivity contribution in [1.29, 1.82) is 0 Å². The standard InChI is InChI=1S/C32H35F3N6O.2ClH/c1-39-27(29(23-11-5-3-6-12-23)24-13-7-4-8-14-24)21-40(22-31(39)17-9-10-18-31)20-25-19-26(15-16-28(25)42-2)41-30(32(33,34)35)36-37-38-41;;/h3-8,11-16,19,27,29H,9-10,17-18,20-22H2,1-2H3;2*1H. The molecule has 1 saturated heterocycles. The molecule has 2 fully saturated rings. The summed E-state index contributed by atoms with van der Waals surface area (Å²) in [5, 5.41) is 10.2. The largest absolute Gasteiger partial charge is 0.496 e. The van der Waals surface area contributed by atoms with E-state index in [1.165, 1.54) is 24.0 Å². The van der Waals surface area contributed by atoms with E-state index >= 15 is 0 Å². The fourth-order valence-corrected chi connectivity index (χ4v) is 7.08. The zero-order valence-corrected chi connectivity index (χ0v) is 26.3. The second kappa shape index (κ2) is 13.9. The third-order valence-corrected chi connectivity index (χ3v) is 9.07. The van der Waals surface area contributed by atoms with Crippen LogP contribution in [-0.2, 0) is 12.7 Å². The summed E-state index contributed by atoms with van der Waals surface area (Å²) in [7, 11) is 3.87. The van der Waals surface area contributed by atoms with Gasteiger partial charge in [-0.15, -0.1) is 29.9 Å². The predicted molar refractivity (Wildman–Crippen MR) is 168 cm³/mol. The van der Waals surface area contributed by atoms with Crippen molar-refractivity contribution in [2.24, 2.45) is 0 Å². The van der Waals surface area contributed by atoms with Crippen LogP contribution in [-0.4, -0.2) is 68.8 Å². The number of halogens is 5. The summed E-state index contributed by atoms with van der Waals surface area (Å²) < 4.78 is 47.2. The number of tetrazole rings is 1. The van der Waals surface area contributed by atoms with Gasteiger partial charge < -0.3 is 4.74 Å². The number of hydrogen-bond donors (Lipinski definition) is 0. The number of methoxy groups -OCH3 is 1. The summed E-state index contributed by atoms with van der Waals surface area (Å²) >= 11 is 0. The summed E-state index contributed by atoms with van der Waals surface area (Å²) in [5.41, 5.74) is 3.61. The first-order valence-corrected chi connectivity index (χ1v) is 14.4. The molecule has 1 aromatic heterocycles. The minimum Gasteiger partial charge on any atom is -0.496 e. The lowest BCUT2D eigenvalue weighted by Crippen LogP contribution is -2.65. The number of piperazine rings is 1. The molecule has 4 aromatic rings. The molecule has 0 bridgehead atoms. The number of alkyl halides is 3. The predicted octanol–water partition coefficient (Wildman–Crippen LogP) is 6.79. The van der Waals surface area contributed by atoms with Gasteiger partial charge in [-0.3, -0.25) is 9.80 Å². The Balaban J connectivity index is 0.00000221. The van der Waals surface area contributed by atoms with Crippen LogP contribution >= 0.6 is 24.8 Å². The number of nitrogens with zero attached hydrogens (tertiary/aromatic N) is 6. The highest BCUT2D eigenvalue weighted by Crippen LogP contribution is 2.44. The smallest absolute Gasteiger partial charge is 0.453 e. The molecule has 2 heterocycles. The fraction of sp³-hybridized carbons (Fsp3) is 0.406. The Morgan fingerprint density at radius 3 is 2.11 bits per heavy atom. The molecule has 6 rings (SSSR count). The molecule has 236 valence electrons. The van der Waals surface area contributed by atoms with E-state index in [0.717, 1.165) is 36.2 Å². The molecule has 1 unspecified atom stereocenters. The summed E-state index contributed by atoms with van der Waals surface area (Å²) in [6.07, 6.45) is -0.0742. The highest BCUT2D eigenvalue weighted by molar-refractivity contribution is 5.85. The van der Waals surface area contributed by atoms with E-state index in [9.17, 15) is 13.2 Å². The van der Waals surface area contributed by atoms with Crippen LogP contribution < -0.4 is 4.74 Å². The molecule has 0 amide bonds. The molecule has 1 atom stereocenters. The molecule has 2 aliphatic rings. The first-order chi connectivity index (χ1) is 20.3. The molecular formula is C32H37Cl2F3N6O. The van der Waals surface area contributed by atoms with E-state index in [2.05, 4.69) is 93.0 Å². The fourth-order valence-electron chi connectivity index (χ4n) is 7.08. The molecule has 44 heavy (non-hydrogen) atoms. The summed E-state index contributed by atoms with van der Waals surface area (Å²) in [6.45, 7) is 2.20. The Labute approximate surface area is 268 Å². The first kappa shape index (κ1) is 33.7. The van der Waals surface area contributed by atoms with Gasteiger partial charge in [0, 0.05) is 42.7 Å². The molecule has 1 aliphatic carbocycles. The first-order valence-electron chi connectivity index (χ1n) is 14.4. The van der Waals surface area contributed by atoms with Crippen molar-refractivity contribution in [3.8, 4) is 11.4 Å². The van der Waals surface area contributed by atoms with Gasteiger partial charge in [-0.1, -0.05) is 73.5 Å². The van der Waals surface area contributed by atoms with Gasteiger partial charge in [-0.2, -0.15) is 17.9 Å². The van der Waals surface area contributed by atoms with E-state index in [1.54, 1.807) is 25.3 Å². The minimum atomic E-state index is -4.67. The number of hydrogen-bond acceptors (Lipinski definition) is 6. The number of ether oxygens (including phenoxy) is 1. The van der Waals surface area contributed by atoms with Crippen molar-refractivity contribution in [3.63, 3.8) is 0 Å². The van der Waals surface area contributed by atoms with Crippen molar-refractivity contribution < 1.29 is 17.9 Å². The number of benzene rings is 3. The van der Waals surface area contributed by atoms with E-state index in [1.807, 2.05) is 0 Å². The van der Waals surface area contributed by atoms with Gasteiger partial charge in [-0.25, -0.2) is 0 Å². The van der Waals surface area contributed by atoms with Gasteiger partial charge >= 0.3 is 6.18 Å². The Kier molecular flexibility index (Phi) is 10.6. The Hall–Kier alpha value is -3.18. The topological polar surface area (TPSA) is 59.3 Å². The maximum Gasteiger partial charge on any atom is 0.453 e. The van der Waals surface area contributed by atoms with Crippen LogP contribution in [0, 0.1) is 0 Å². The van der Waals surface area contributed by atoms with Gasteiger partial charge in [0.05, 0.1) is 12.8 Å². The minimum absolute atomic E-state index is 0. The van der Waals surface area contributed by atoms with Crippen molar-refractivity contribution in [3.05, 3.63) is 101 Å². The zero-order chi connectivity index (χ0) is 29.3. The van der Waals surface area contributed by atoms with Gasteiger partial charge in [0.25, 0.3) is 5.82 Å². The lowest BCUT2D eigenvalue weighted by Gasteiger charge is -2.54. The molecular weight excluding hydrogens is 612 g/mol. The molecule has 1 aliphatic heterocycles. The van der Waals surface area contributed by atoms with Crippen molar-refractivity contribution in [2.75, 3.05) is 27.2 Å². The Morgan fingerprint density at radius 2 is 1.55 bits per heavy atom. The Bertz CT molecular complexity index is 1460. The number of aromatic nitrogens is 4. The SMILES string of the molecule is COc1ccc(-n2nnnc2C(F)(F)F)cc1CN1CC(C(c2ccccc2)c2ccccc2)N(C)C2(CCCC2)C1.Cl.Cl. The summed E-state index contributed by atoms with van der Waals surface area (Å²) in [6, 6.07) is 26.5. The van der Waals surface area contributed by atoms with Crippen LogP contribution in [0.1, 0.15) is 54.1 Å². The van der Waals surface area contributed by atoms with Gasteiger partial charge in [-0.05, 0) is 59.6 Å².